The molecule has 0 spiro atoms. The molecule has 1 aromatic heterocycles. The second-order valence-corrected chi connectivity index (χ2v) is 7.56. The zero-order chi connectivity index (χ0) is 18.1. The van der Waals surface area contributed by atoms with Crippen LogP contribution in [0.5, 0.6) is 0 Å². The van der Waals surface area contributed by atoms with Crippen LogP contribution >= 0.6 is 35.0 Å². The lowest BCUT2D eigenvalue weighted by atomic mass is 10.0. The van der Waals surface area contributed by atoms with E-state index >= 15 is 0 Å². The first-order chi connectivity index (χ1) is 11.9. The largest absolute Gasteiger partial charge is 0.477 e. The molecule has 2 atom stereocenters. The Morgan fingerprint density at radius 1 is 1.56 bits per heavy atom. The summed E-state index contributed by atoms with van der Waals surface area (Å²) in [7, 11) is 0. The summed E-state index contributed by atoms with van der Waals surface area (Å²) in [6, 6.07) is -0.802. The normalized spacial score (nSPS) is 22.8. The molecule has 4 N–H and O–H groups in total. The number of thiazole rings is 1. The number of carbonyl (C=O) groups excluding carboxylic acids is 2. The van der Waals surface area contributed by atoms with Crippen molar-refractivity contribution < 1.29 is 19.5 Å². The van der Waals surface area contributed by atoms with E-state index in [-0.39, 0.29) is 11.4 Å². The molecule has 3 rings (SSSR count). The summed E-state index contributed by atoms with van der Waals surface area (Å²) in [5.74, 6) is -1.72. The molecule has 12 heteroatoms. The second-order valence-electron chi connectivity index (χ2n) is 4.97. The molecule has 1 aromatic rings. The molecule has 0 radical (unpaired) electrons. The number of anilines is 1. The SMILES string of the molecule is CSN=C(C(=O)NC1C(=O)N2C(C(=O)O)=CCS[C@H]12)c1csc(N)n1. The van der Waals surface area contributed by atoms with E-state index in [9.17, 15) is 14.4 Å². The number of nitrogens with one attached hydrogen (secondary N) is 1. The number of carboxylic acid groups (broad SMARTS) is 1. The van der Waals surface area contributed by atoms with Crippen LogP contribution in [0.2, 0.25) is 0 Å². The molecule has 0 saturated carbocycles. The summed E-state index contributed by atoms with van der Waals surface area (Å²) < 4.78 is 4.06. The van der Waals surface area contributed by atoms with Crippen molar-refractivity contribution in [2.24, 2.45) is 4.40 Å². The van der Waals surface area contributed by atoms with Gasteiger partial charge in [-0.3, -0.25) is 14.5 Å². The van der Waals surface area contributed by atoms with E-state index < -0.39 is 29.2 Å². The summed E-state index contributed by atoms with van der Waals surface area (Å²) in [5, 5.41) is 13.3. The third-order valence-corrected chi connectivity index (χ3v) is 5.74. The Balaban J connectivity index is 1.75. The predicted molar refractivity (Wildman–Crippen MR) is 97.3 cm³/mol. The fourth-order valence-corrected chi connectivity index (χ4v) is 4.54. The van der Waals surface area contributed by atoms with Gasteiger partial charge in [-0.1, -0.05) is 0 Å². The highest BCUT2D eigenvalue weighted by Crippen LogP contribution is 2.37. The van der Waals surface area contributed by atoms with Crippen molar-refractivity contribution in [2.75, 3.05) is 17.7 Å². The molecule has 0 bridgehead atoms. The first kappa shape index (κ1) is 17.8. The van der Waals surface area contributed by atoms with E-state index in [2.05, 4.69) is 14.7 Å². The minimum Gasteiger partial charge on any atom is -0.477 e. The number of aromatic nitrogens is 1. The lowest BCUT2D eigenvalue weighted by Gasteiger charge is -2.48. The summed E-state index contributed by atoms with van der Waals surface area (Å²) in [4.78, 5) is 41.3. The lowest BCUT2D eigenvalue weighted by molar-refractivity contribution is -0.150. The van der Waals surface area contributed by atoms with E-state index in [0.29, 0.717) is 16.6 Å². The first-order valence-corrected chi connectivity index (χ1v) is 10.1. The van der Waals surface area contributed by atoms with Crippen molar-refractivity contribution in [3.8, 4) is 0 Å². The fraction of sp³-hybridized carbons (Fsp3) is 0.308. The Bertz CT molecular complexity index is 805. The second kappa shape index (κ2) is 7.06. The van der Waals surface area contributed by atoms with Gasteiger partial charge in [-0.2, -0.15) is 0 Å². The van der Waals surface area contributed by atoms with Gasteiger partial charge in [0.2, 0.25) is 0 Å². The van der Waals surface area contributed by atoms with Crippen LogP contribution in [-0.2, 0) is 14.4 Å². The third kappa shape index (κ3) is 3.24. The van der Waals surface area contributed by atoms with Crippen LogP contribution in [0, 0.1) is 0 Å². The monoisotopic (exact) mass is 399 g/mol. The number of rotatable bonds is 5. The van der Waals surface area contributed by atoms with Crippen LogP contribution in [0.4, 0.5) is 5.13 Å². The highest BCUT2D eigenvalue weighted by molar-refractivity contribution is 8.00. The Kier molecular flexibility index (Phi) is 5.01. The Morgan fingerprint density at radius 3 is 2.92 bits per heavy atom. The molecule has 9 nitrogen and oxygen atoms in total. The van der Waals surface area contributed by atoms with E-state index in [4.69, 9.17) is 10.8 Å². The number of thioether (sulfide) groups is 1. The van der Waals surface area contributed by atoms with Crippen molar-refractivity contribution >= 4 is 63.7 Å². The highest BCUT2D eigenvalue weighted by atomic mass is 32.2. The standard InChI is InChI=1S/C13H13N5O4S3/c1-23-17-7(5-4-25-13(14)15-5)9(19)16-8-10(20)18-6(12(21)22)2-3-24-11(8)18/h2,4,8,11H,3H2,1H3,(H2,14,15)(H,16,19)(H,21,22)/t8?,11-/m1/s1. The van der Waals surface area contributed by atoms with Gasteiger partial charge in [0.15, 0.2) is 10.8 Å². The quantitative estimate of drug-likeness (QED) is 0.362. The number of β-lactam (4-membered cyclic amide) rings is 1. The number of amides is 2. The molecule has 132 valence electrons. The van der Waals surface area contributed by atoms with Crippen LogP contribution in [0.1, 0.15) is 5.69 Å². The molecule has 1 unspecified atom stereocenters. The van der Waals surface area contributed by atoms with Gasteiger partial charge in [0.1, 0.15) is 22.8 Å². The fourth-order valence-electron chi connectivity index (χ4n) is 2.44. The average Bonchev–Trinajstić information content (AvgIpc) is 3.02. The van der Waals surface area contributed by atoms with Crippen LogP contribution in [-0.4, -0.2) is 61.9 Å². The smallest absolute Gasteiger partial charge is 0.352 e. The van der Waals surface area contributed by atoms with Crippen molar-refractivity contribution in [3.05, 3.63) is 22.8 Å². The number of fused-ring (bicyclic) bond motifs is 1. The Morgan fingerprint density at radius 2 is 2.32 bits per heavy atom. The molecular formula is C13H13N5O4S3. The Labute approximate surface area is 154 Å². The topological polar surface area (TPSA) is 138 Å². The number of nitrogen functional groups attached to an aromatic ring is 1. The summed E-state index contributed by atoms with van der Waals surface area (Å²) in [6.07, 6.45) is 3.18. The predicted octanol–water partition coefficient (Wildman–Crippen LogP) is 0.161. The number of aliphatic carboxylic acids is 1. The number of nitrogens with two attached hydrogens (primary N) is 1. The van der Waals surface area contributed by atoms with Crippen molar-refractivity contribution in [1.29, 1.82) is 0 Å². The summed E-state index contributed by atoms with van der Waals surface area (Å²) in [5.41, 5.74) is 5.95. The number of hydrogen-bond acceptors (Lipinski definition) is 9. The first-order valence-electron chi connectivity index (χ1n) is 6.95. The molecular weight excluding hydrogens is 386 g/mol. The zero-order valence-electron chi connectivity index (χ0n) is 12.8. The lowest BCUT2D eigenvalue weighted by Crippen LogP contribution is -2.70. The molecule has 2 aliphatic heterocycles. The van der Waals surface area contributed by atoms with E-state index in [1.165, 1.54) is 34.1 Å². The van der Waals surface area contributed by atoms with Crippen LogP contribution in [0.3, 0.4) is 0 Å². The maximum Gasteiger partial charge on any atom is 0.352 e. The van der Waals surface area contributed by atoms with Crippen LogP contribution in [0.15, 0.2) is 21.6 Å². The number of carboxylic acids is 1. The van der Waals surface area contributed by atoms with Gasteiger partial charge in [0, 0.05) is 17.4 Å². The van der Waals surface area contributed by atoms with Gasteiger partial charge in [-0.05, 0) is 18.0 Å². The molecule has 2 amide bonds. The molecule has 1 fully saturated rings. The van der Waals surface area contributed by atoms with Gasteiger partial charge >= 0.3 is 5.97 Å². The number of nitrogens with zero attached hydrogens (tertiary/aromatic N) is 3. The number of carbonyl (C=O) groups is 3. The van der Waals surface area contributed by atoms with Gasteiger partial charge in [-0.15, -0.1) is 23.1 Å². The van der Waals surface area contributed by atoms with E-state index in [0.717, 1.165) is 11.9 Å². The van der Waals surface area contributed by atoms with Gasteiger partial charge in [-0.25, -0.2) is 14.2 Å². The maximum atomic E-state index is 12.5. The summed E-state index contributed by atoms with van der Waals surface area (Å²) in [6.45, 7) is 0. The molecule has 25 heavy (non-hydrogen) atoms. The highest BCUT2D eigenvalue weighted by Gasteiger charge is 2.53. The molecule has 0 aliphatic carbocycles. The molecule has 1 saturated heterocycles. The van der Waals surface area contributed by atoms with Crippen LogP contribution < -0.4 is 11.1 Å². The van der Waals surface area contributed by atoms with E-state index in [1.54, 1.807) is 11.6 Å². The third-order valence-electron chi connectivity index (χ3n) is 3.51. The molecule has 2 aliphatic rings. The van der Waals surface area contributed by atoms with Gasteiger partial charge in [0.25, 0.3) is 11.8 Å². The van der Waals surface area contributed by atoms with Crippen LogP contribution in [0.25, 0.3) is 0 Å². The van der Waals surface area contributed by atoms with Crippen molar-refractivity contribution in [1.82, 2.24) is 15.2 Å². The average molecular weight is 399 g/mol. The minimum absolute atomic E-state index is 0.0514. The molecule has 3 heterocycles. The van der Waals surface area contributed by atoms with E-state index in [1.807, 2.05) is 0 Å². The Hall–Kier alpha value is -2.05. The molecule has 0 aromatic carbocycles. The number of hydrogen-bond donors (Lipinski definition) is 3. The van der Waals surface area contributed by atoms with Crippen molar-refractivity contribution in [3.63, 3.8) is 0 Å². The zero-order valence-corrected chi connectivity index (χ0v) is 15.3. The van der Waals surface area contributed by atoms with Gasteiger partial charge < -0.3 is 16.2 Å². The van der Waals surface area contributed by atoms with Crippen molar-refractivity contribution in [2.45, 2.75) is 11.4 Å². The maximum absolute atomic E-state index is 12.5. The van der Waals surface area contributed by atoms with Gasteiger partial charge in [0.05, 0.1) is 0 Å². The minimum atomic E-state index is -1.16. The summed E-state index contributed by atoms with van der Waals surface area (Å²) >= 11 is 3.65.